The molecule has 0 aliphatic rings. The first kappa shape index (κ1) is 118. The van der Waals surface area contributed by atoms with Gasteiger partial charge in [0.05, 0.1) is 52.9 Å². The highest BCUT2D eigenvalue weighted by molar-refractivity contribution is 6.03. The smallest absolute Gasteiger partial charge is 0.194 e. The van der Waals surface area contributed by atoms with Crippen LogP contribution in [-0.2, 0) is 9.47 Å². The van der Waals surface area contributed by atoms with Crippen molar-refractivity contribution in [3.63, 3.8) is 0 Å². The van der Waals surface area contributed by atoms with Gasteiger partial charge >= 0.3 is 0 Å². The number of carbonyl (C=O) groups is 4. The number of carbonyl (C=O) groups excluding carboxylic acids is 4. The van der Waals surface area contributed by atoms with Crippen molar-refractivity contribution in [3.05, 3.63) is 119 Å². The van der Waals surface area contributed by atoms with Gasteiger partial charge in [0.1, 0.15) is 71.8 Å². The molecule has 18 nitrogen and oxygen atoms in total. The third-order valence-electron chi connectivity index (χ3n) is 9.22. The van der Waals surface area contributed by atoms with Crippen LogP contribution in [0.3, 0.4) is 0 Å². The van der Waals surface area contributed by atoms with Gasteiger partial charge in [0.25, 0.3) is 0 Å². The van der Waals surface area contributed by atoms with Crippen LogP contribution in [0.2, 0.25) is 0 Å². The Balaban J connectivity index is -0.0000000560. The van der Waals surface area contributed by atoms with Crippen molar-refractivity contribution in [1.82, 2.24) is 0 Å². The molecule has 4 rings (SSSR count). The van der Waals surface area contributed by atoms with Crippen LogP contribution in [0.25, 0.3) is 0 Å². The Labute approximate surface area is 520 Å². The molecule has 0 saturated carbocycles. The van der Waals surface area contributed by atoms with E-state index in [0.717, 1.165) is 0 Å². The van der Waals surface area contributed by atoms with Gasteiger partial charge in [-0.2, -0.15) is 0 Å². The first-order valence-corrected chi connectivity index (χ1v) is 22.4. The number of Topliss-reactive ketones (excluding diaryl/α,β-unsaturated/α-hetero) is 4. The molecule has 18 heteroatoms. The average molecular weight is 1230 g/mol. The number of ketones is 4. The lowest BCUT2D eigenvalue weighted by molar-refractivity contribution is -0.0174. The molecule has 0 saturated heterocycles. The minimum atomic E-state index is -1.37. The van der Waals surface area contributed by atoms with Gasteiger partial charge in [-0.1, -0.05) is 111 Å². The molecular formula is C67H132O18. The summed E-state index contributed by atoms with van der Waals surface area (Å²) in [6.07, 6.45) is 0. The molecule has 4 aromatic carbocycles. The molecule has 0 radical (unpaired) electrons. The maximum atomic E-state index is 12.2. The predicted octanol–water partition coefficient (Wildman–Crippen LogP) is 13.6. The number of hydrogen-bond acceptors (Lipinski definition) is 18. The highest BCUT2D eigenvalue weighted by Gasteiger charge is 2.31. The molecule has 0 aromatic heterocycles. The van der Waals surface area contributed by atoms with Crippen LogP contribution in [-0.4, -0.2) is 166 Å². The van der Waals surface area contributed by atoms with Crippen molar-refractivity contribution in [1.29, 1.82) is 0 Å². The maximum Gasteiger partial charge on any atom is 0.194 e. The summed E-state index contributed by atoms with van der Waals surface area (Å²) in [5.74, 6) is 1.38. The van der Waals surface area contributed by atoms with Crippen LogP contribution in [0.1, 0.15) is 208 Å². The van der Waals surface area contributed by atoms with Gasteiger partial charge in [-0.25, -0.2) is 0 Å². The molecule has 0 amide bonds. The van der Waals surface area contributed by atoms with E-state index in [2.05, 4.69) is 0 Å². The van der Waals surface area contributed by atoms with E-state index in [4.69, 9.17) is 59.1 Å². The Kier molecular flexibility index (Phi) is 83.1. The predicted molar refractivity (Wildman–Crippen MR) is 361 cm³/mol. The molecule has 4 aromatic rings. The summed E-state index contributed by atoms with van der Waals surface area (Å²) in [7, 11) is 0. The summed E-state index contributed by atoms with van der Waals surface area (Å²) >= 11 is 0. The minimum Gasteiger partial charge on any atom is -0.491 e. The van der Waals surface area contributed by atoms with Crippen LogP contribution >= 0.6 is 0 Å². The van der Waals surface area contributed by atoms with Crippen LogP contribution in [0.4, 0.5) is 0 Å². The molecular weight excluding hydrogens is 1090 g/mol. The molecule has 508 valence electrons. The number of benzene rings is 4. The number of aliphatic hydroxyl groups is 8. The van der Waals surface area contributed by atoms with E-state index in [-0.39, 0.29) is 214 Å². The second-order valence-electron chi connectivity index (χ2n) is 17.0. The fraction of sp³-hybridized carbons (Fsp3) is 0.582. The molecule has 0 spiro atoms. The zero-order valence-electron chi connectivity index (χ0n) is 41.4. The lowest BCUT2D eigenvalue weighted by atomic mass is 9.96. The van der Waals surface area contributed by atoms with Gasteiger partial charge in [-0.3, -0.25) is 19.2 Å². The molecule has 0 aliphatic heterocycles. The van der Waals surface area contributed by atoms with E-state index in [9.17, 15) is 29.4 Å². The van der Waals surface area contributed by atoms with Gasteiger partial charge in [-0.05, 0) is 152 Å². The van der Waals surface area contributed by atoms with Gasteiger partial charge < -0.3 is 69.3 Å². The van der Waals surface area contributed by atoms with Crippen LogP contribution in [0, 0.1) is 0 Å². The number of hydrogen-bond donors (Lipinski definition) is 8. The second kappa shape index (κ2) is 60.1. The van der Waals surface area contributed by atoms with E-state index < -0.39 is 22.4 Å². The normalized spacial score (nSPS) is 9.32. The van der Waals surface area contributed by atoms with Crippen LogP contribution in [0.15, 0.2) is 97.1 Å². The monoisotopic (exact) mass is 1220 g/mol. The van der Waals surface area contributed by atoms with Gasteiger partial charge in [-0.15, -0.1) is 0 Å². The van der Waals surface area contributed by atoms with E-state index >= 15 is 0 Å². The second-order valence-corrected chi connectivity index (χ2v) is 17.0. The van der Waals surface area contributed by atoms with E-state index in [1.807, 2.05) is 0 Å². The molecule has 85 heavy (non-hydrogen) atoms. The Bertz CT molecular complexity index is 1950. The fourth-order valence-electron chi connectivity index (χ4n) is 5.60. The standard InChI is InChI=1S/2C14H20O5.2C12H16O4.15CH4/c2*1-14(2,19-10-8-16)13(17)11-3-5-12(6-4-11)18-9-7-15;2*1-12(2,15)11(14)9-3-5-10(6-4-9)16-8-7-13;;;;;;;;;;;;;;;/h2*3-6,15-16H,7-10H2,1-2H3;2*3-6,13,15H,7-8H2,1-2H3;15*1H4. The van der Waals surface area contributed by atoms with Gasteiger partial charge in [0.15, 0.2) is 23.1 Å². The molecule has 0 atom stereocenters. The summed E-state index contributed by atoms with van der Waals surface area (Å²) in [4.78, 5) is 47.7. The number of ether oxygens (including phenoxy) is 6. The molecule has 0 heterocycles. The lowest BCUT2D eigenvalue weighted by Gasteiger charge is -2.23. The van der Waals surface area contributed by atoms with E-state index in [1.54, 1.807) is 125 Å². The Morgan fingerprint density at radius 1 is 0.282 bits per heavy atom. The maximum absolute atomic E-state index is 12.2. The third kappa shape index (κ3) is 45.4. The average Bonchev–Trinajstić information content (AvgIpc) is 3.34. The Morgan fingerprint density at radius 2 is 0.435 bits per heavy atom. The fourth-order valence-corrected chi connectivity index (χ4v) is 5.60. The molecule has 0 aliphatic carbocycles. The van der Waals surface area contributed by atoms with Crippen molar-refractivity contribution in [2.45, 2.75) is 189 Å². The molecule has 8 N–H and O–H groups in total. The number of rotatable bonds is 26. The zero-order valence-corrected chi connectivity index (χ0v) is 41.4. The van der Waals surface area contributed by atoms with Gasteiger partial charge in [0, 0.05) is 22.3 Å². The van der Waals surface area contributed by atoms with Crippen LogP contribution in [0.5, 0.6) is 23.0 Å². The van der Waals surface area contributed by atoms with Crippen molar-refractivity contribution in [3.8, 4) is 23.0 Å². The lowest BCUT2D eigenvalue weighted by Crippen LogP contribution is -2.36. The Morgan fingerprint density at radius 3 is 0.576 bits per heavy atom. The summed E-state index contributed by atoms with van der Waals surface area (Å²) in [6.45, 7) is 13.1. The first-order chi connectivity index (χ1) is 32.9. The van der Waals surface area contributed by atoms with E-state index in [0.29, 0.717) is 45.3 Å². The SMILES string of the molecule is C.C.C.C.C.C.C.C.C.C.C.C.C.C.C.CC(C)(O)C(=O)c1ccc(OCCO)cc1.CC(C)(O)C(=O)c1ccc(OCCO)cc1.CC(C)(OCCO)C(=O)c1ccc(OCCO)cc1.CC(C)(OCCO)C(=O)c1ccc(OCCO)cc1. The molecule has 0 fully saturated rings. The van der Waals surface area contributed by atoms with Crippen LogP contribution < -0.4 is 18.9 Å². The van der Waals surface area contributed by atoms with Crippen molar-refractivity contribution < 1.29 is 88.5 Å². The van der Waals surface area contributed by atoms with Crippen molar-refractivity contribution in [2.24, 2.45) is 0 Å². The van der Waals surface area contributed by atoms with Gasteiger partial charge in [0.2, 0.25) is 0 Å². The third-order valence-corrected chi connectivity index (χ3v) is 9.22. The van der Waals surface area contributed by atoms with Crippen molar-refractivity contribution >= 4 is 23.1 Å². The quantitative estimate of drug-likeness (QED) is 0.0271. The van der Waals surface area contributed by atoms with Crippen molar-refractivity contribution in [2.75, 3.05) is 79.3 Å². The summed E-state index contributed by atoms with van der Waals surface area (Å²) < 4.78 is 31.4. The Hall–Kier alpha value is -5.64. The summed E-state index contributed by atoms with van der Waals surface area (Å²) in [5.41, 5.74) is -2.79. The largest absolute Gasteiger partial charge is 0.491 e. The topological polar surface area (TPSA) is 286 Å². The molecule has 0 bridgehead atoms. The molecule has 0 unspecified atom stereocenters. The zero-order chi connectivity index (χ0) is 53.0. The highest BCUT2D eigenvalue weighted by atomic mass is 16.5. The summed E-state index contributed by atoms with van der Waals surface area (Å²) in [6, 6.07) is 26.2. The summed E-state index contributed by atoms with van der Waals surface area (Å²) in [5, 5.41) is 70.9. The minimum absolute atomic E-state index is 0. The number of aliphatic hydroxyl groups excluding tert-OH is 6. The highest BCUT2D eigenvalue weighted by Crippen LogP contribution is 2.22. The van der Waals surface area contributed by atoms with E-state index in [1.165, 1.54) is 27.7 Å². The first-order valence-electron chi connectivity index (χ1n) is 22.4.